The Kier molecular flexibility index (Phi) is 4.67. The van der Waals surface area contributed by atoms with Gasteiger partial charge in [0.05, 0.1) is 5.39 Å². The Balaban J connectivity index is 1.95. The smallest absolute Gasteiger partial charge is 0.263 e. The van der Waals surface area contributed by atoms with Crippen molar-refractivity contribution in [1.82, 2.24) is 9.55 Å². The van der Waals surface area contributed by atoms with Crippen LogP contribution >= 0.6 is 0 Å². The van der Waals surface area contributed by atoms with Gasteiger partial charge in [0.25, 0.3) is 5.56 Å². The van der Waals surface area contributed by atoms with Crippen molar-refractivity contribution in [2.45, 2.75) is 13.3 Å². The Morgan fingerprint density at radius 3 is 2.56 bits per heavy atom. The number of aromatic nitrogens is 2. The molecule has 2 aromatic heterocycles. The van der Waals surface area contributed by atoms with Crippen molar-refractivity contribution in [2.75, 3.05) is 0 Å². The summed E-state index contributed by atoms with van der Waals surface area (Å²) in [6, 6.07) is 21.8. The first kappa shape index (κ1) is 17.0. The lowest BCUT2D eigenvalue weighted by atomic mass is 10.0. The van der Waals surface area contributed by atoms with Crippen LogP contribution < -0.4 is 5.56 Å². The summed E-state index contributed by atoms with van der Waals surface area (Å²) in [5.74, 6) is 0. The van der Waals surface area contributed by atoms with E-state index in [4.69, 9.17) is 0 Å². The molecule has 0 unspecified atom stereocenters. The topological polar surface area (TPSA) is 34.9 Å². The van der Waals surface area contributed by atoms with Gasteiger partial charge in [0, 0.05) is 23.8 Å². The average molecular weight is 352 g/mol. The lowest BCUT2D eigenvalue weighted by Crippen LogP contribution is -2.22. The number of para-hydroxylation sites is 1. The molecule has 0 N–H and O–H groups in total. The van der Waals surface area contributed by atoms with Crippen molar-refractivity contribution < 1.29 is 0 Å². The molecule has 4 rings (SSSR count). The second-order valence-electron chi connectivity index (χ2n) is 6.40. The second-order valence-corrected chi connectivity index (χ2v) is 6.40. The standard InChI is InChI=1S/C24H20N2O/c1-2-21-16-20-10-6-9-19(14-13-18-8-7-15-25-17-18)23(20)24(27)26(21)22-11-4-3-5-12-22/h3-17H,2H2,1H3/b14-13+. The lowest BCUT2D eigenvalue weighted by Gasteiger charge is -2.14. The second kappa shape index (κ2) is 7.42. The number of rotatable bonds is 4. The molecule has 27 heavy (non-hydrogen) atoms. The Morgan fingerprint density at radius 2 is 1.81 bits per heavy atom. The van der Waals surface area contributed by atoms with E-state index >= 15 is 0 Å². The molecule has 4 aromatic rings. The van der Waals surface area contributed by atoms with E-state index in [0.717, 1.165) is 39.7 Å². The average Bonchev–Trinajstić information content (AvgIpc) is 2.73. The number of fused-ring (bicyclic) bond motifs is 1. The van der Waals surface area contributed by atoms with Gasteiger partial charge in [-0.3, -0.25) is 14.3 Å². The molecule has 0 fully saturated rings. The summed E-state index contributed by atoms with van der Waals surface area (Å²) in [6.45, 7) is 2.08. The highest BCUT2D eigenvalue weighted by atomic mass is 16.1. The molecule has 3 heteroatoms. The highest BCUT2D eigenvalue weighted by Crippen LogP contribution is 2.21. The minimum atomic E-state index is 0.0157. The van der Waals surface area contributed by atoms with E-state index in [2.05, 4.69) is 18.0 Å². The van der Waals surface area contributed by atoms with Gasteiger partial charge in [-0.25, -0.2) is 0 Å². The molecule has 0 bridgehead atoms. The van der Waals surface area contributed by atoms with Gasteiger partial charge in [-0.05, 0) is 47.2 Å². The summed E-state index contributed by atoms with van der Waals surface area (Å²) in [5.41, 5.74) is 3.83. The van der Waals surface area contributed by atoms with Crippen LogP contribution in [-0.4, -0.2) is 9.55 Å². The molecule has 0 saturated heterocycles. The summed E-state index contributed by atoms with van der Waals surface area (Å²) < 4.78 is 1.82. The third kappa shape index (κ3) is 3.32. The summed E-state index contributed by atoms with van der Waals surface area (Å²) in [7, 11) is 0. The first-order valence-corrected chi connectivity index (χ1v) is 9.09. The van der Waals surface area contributed by atoms with E-state index in [1.54, 1.807) is 12.4 Å². The highest BCUT2D eigenvalue weighted by Gasteiger charge is 2.12. The summed E-state index contributed by atoms with van der Waals surface area (Å²) >= 11 is 0. The van der Waals surface area contributed by atoms with Gasteiger partial charge in [0.1, 0.15) is 0 Å². The molecule has 2 heterocycles. The molecule has 0 aliphatic rings. The number of benzene rings is 2. The van der Waals surface area contributed by atoms with Crippen LogP contribution in [0.5, 0.6) is 0 Å². The van der Waals surface area contributed by atoms with Crippen molar-refractivity contribution in [1.29, 1.82) is 0 Å². The van der Waals surface area contributed by atoms with Crippen LogP contribution in [0.25, 0.3) is 28.6 Å². The number of pyridine rings is 2. The molecule has 3 nitrogen and oxygen atoms in total. The Morgan fingerprint density at radius 1 is 0.963 bits per heavy atom. The van der Waals surface area contributed by atoms with Gasteiger partial charge in [-0.2, -0.15) is 0 Å². The Hall–Kier alpha value is -3.46. The van der Waals surface area contributed by atoms with Gasteiger partial charge in [-0.1, -0.05) is 61.5 Å². The quantitative estimate of drug-likeness (QED) is 0.511. The van der Waals surface area contributed by atoms with E-state index in [-0.39, 0.29) is 5.56 Å². The van der Waals surface area contributed by atoms with Crippen molar-refractivity contribution in [3.8, 4) is 5.69 Å². The molecule has 0 amide bonds. The molecule has 0 atom stereocenters. The van der Waals surface area contributed by atoms with E-state index in [9.17, 15) is 4.79 Å². The normalized spacial score (nSPS) is 11.3. The Bertz CT molecular complexity index is 1160. The molecule has 0 aliphatic heterocycles. The largest absolute Gasteiger partial charge is 0.281 e. The van der Waals surface area contributed by atoms with E-state index in [0.29, 0.717) is 0 Å². The first-order chi connectivity index (χ1) is 13.3. The summed E-state index contributed by atoms with van der Waals surface area (Å²) in [6.07, 6.45) is 8.32. The zero-order valence-corrected chi connectivity index (χ0v) is 15.2. The van der Waals surface area contributed by atoms with Gasteiger partial charge in [0.15, 0.2) is 0 Å². The fraction of sp³-hybridized carbons (Fsp3) is 0.0833. The molecular weight excluding hydrogens is 332 g/mol. The van der Waals surface area contributed by atoms with Crippen LogP contribution in [0.1, 0.15) is 23.7 Å². The predicted molar refractivity (Wildman–Crippen MR) is 112 cm³/mol. The molecule has 0 spiro atoms. The van der Waals surface area contributed by atoms with E-state index in [1.807, 2.05) is 77.4 Å². The third-order valence-electron chi connectivity index (χ3n) is 4.67. The summed E-state index contributed by atoms with van der Waals surface area (Å²) in [5, 5.41) is 1.70. The molecule has 0 saturated carbocycles. The number of aryl methyl sites for hydroxylation is 1. The van der Waals surface area contributed by atoms with Crippen molar-refractivity contribution in [3.63, 3.8) is 0 Å². The monoisotopic (exact) mass is 352 g/mol. The fourth-order valence-corrected chi connectivity index (χ4v) is 3.36. The zero-order chi connectivity index (χ0) is 18.6. The minimum Gasteiger partial charge on any atom is -0.281 e. The number of hydrogen-bond acceptors (Lipinski definition) is 2. The van der Waals surface area contributed by atoms with Crippen molar-refractivity contribution in [2.24, 2.45) is 0 Å². The first-order valence-electron chi connectivity index (χ1n) is 9.09. The van der Waals surface area contributed by atoms with Crippen molar-refractivity contribution in [3.05, 3.63) is 106 Å². The van der Waals surface area contributed by atoms with Gasteiger partial charge in [-0.15, -0.1) is 0 Å². The van der Waals surface area contributed by atoms with Crippen molar-refractivity contribution >= 4 is 22.9 Å². The van der Waals surface area contributed by atoms with Crippen LogP contribution in [0.2, 0.25) is 0 Å². The van der Waals surface area contributed by atoms with Crippen LogP contribution in [0.15, 0.2) is 83.9 Å². The lowest BCUT2D eigenvalue weighted by molar-refractivity contribution is 0.889. The van der Waals surface area contributed by atoms with Crippen LogP contribution in [0.4, 0.5) is 0 Å². The maximum absolute atomic E-state index is 13.5. The molecular formula is C24H20N2O. The number of nitrogens with zero attached hydrogens (tertiary/aromatic N) is 2. The maximum atomic E-state index is 13.5. The van der Waals surface area contributed by atoms with Crippen LogP contribution in [-0.2, 0) is 6.42 Å². The highest BCUT2D eigenvalue weighted by molar-refractivity contribution is 5.92. The van der Waals surface area contributed by atoms with E-state index in [1.165, 1.54) is 0 Å². The van der Waals surface area contributed by atoms with Gasteiger partial charge in [0.2, 0.25) is 0 Å². The number of hydrogen-bond donors (Lipinski definition) is 0. The van der Waals surface area contributed by atoms with E-state index < -0.39 is 0 Å². The SMILES string of the molecule is CCc1cc2cccc(/C=C/c3cccnc3)c2c(=O)n1-c1ccccc1. The Labute approximate surface area is 158 Å². The van der Waals surface area contributed by atoms with Crippen LogP contribution in [0, 0.1) is 0 Å². The van der Waals surface area contributed by atoms with Gasteiger partial charge < -0.3 is 0 Å². The fourth-order valence-electron chi connectivity index (χ4n) is 3.36. The third-order valence-corrected chi connectivity index (χ3v) is 4.67. The summed E-state index contributed by atoms with van der Waals surface area (Å²) in [4.78, 5) is 17.6. The minimum absolute atomic E-state index is 0.0157. The molecule has 2 aromatic carbocycles. The molecule has 0 aliphatic carbocycles. The van der Waals surface area contributed by atoms with Gasteiger partial charge >= 0.3 is 0 Å². The molecule has 0 radical (unpaired) electrons. The molecule has 132 valence electrons. The zero-order valence-electron chi connectivity index (χ0n) is 15.2. The predicted octanol–water partition coefficient (Wildman–Crippen LogP) is 5.12. The maximum Gasteiger partial charge on any atom is 0.263 e. The van der Waals surface area contributed by atoms with Crippen LogP contribution in [0.3, 0.4) is 0 Å².